The highest BCUT2D eigenvalue weighted by molar-refractivity contribution is 6.30. The molecule has 4 rings (SSSR count). The molecule has 3 heterocycles. The smallest absolute Gasteiger partial charge is 0.247 e. The summed E-state index contributed by atoms with van der Waals surface area (Å²) in [5.74, 6) is 0.0713. The average Bonchev–Trinajstić information content (AvgIpc) is 3.27. The molecule has 1 atom stereocenters. The summed E-state index contributed by atoms with van der Waals surface area (Å²) in [5, 5.41) is 12.6. The van der Waals surface area contributed by atoms with Gasteiger partial charge in [0.15, 0.2) is 0 Å². The first-order valence-electron chi connectivity index (χ1n) is 8.64. The Hall–Kier alpha value is -2.60. The van der Waals surface area contributed by atoms with Crippen molar-refractivity contribution in [3.63, 3.8) is 0 Å². The fourth-order valence-corrected chi connectivity index (χ4v) is 3.48. The summed E-state index contributed by atoms with van der Waals surface area (Å²) in [5.41, 5.74) is 5.11. The molecule has 0 bridgehead atoms. The molecule has 2 aromatic heterocycles. The van der Waals surface area contributed by atoms with Gasteiger partial charge >= 0.3 is 0 Å². The number of aryl methyl sites for hydroxylation is 1. The predicted molar refractivity (Wildman–Crippen MR) is 99.8 cm³/mol. The third-order valence-corrected chi connectivity index (χ3v) is 5.10. The molecule has 1 aliphatic rings. The Morgan fingerprint density at radius 1 is 1.31 bits per heavy atom. The van der Waals surface area contributed by atoms with Crippen LogP contribution in [0.15, 0.2) is 36.7 Å². The number of H-pyrrole nitrogens is 1. The van der Waals surface area contributed by atoms with Crippen LogP contribution in [0.25, 0.3) is 11.3 Å². The van der Waals surface area contributed by atoms with Crippen molar-refractivity contribution in [3.8, 4) is 11.3 Å². The zero-order chi connectivity index (χ0) is 18.3. The number of benzene rings is 1. The predicted octanol–water partition coefficient (Wildman–Crippen LogP) is 3.38. The van der Waals surface area contributed by atoms with E-state index in [1.54, 1.807) is 10.9 Å². The van der Waals surface area contributed by atoms with Crippen molar-refractivity contribution in [1.29, 1.82) is 0 Å². The molecule has 3 aromatic rings. The van der Waals surface area contributed by atoms with Crippen molar-refractivity contribution in [3.05, 3.63) is 58.5 Å². The van der Waals surface area contributed by atoms with Crippen molar-refractivity contribution < 1.29 is 4.79 Å². The number of nitrogens with zero attached hydrogens (tertiary/aromatic N) is 4. The Bertz CT molecular complexity index is 943. The van der Waals surface area contributed by atoms with E-state index in [4.69, 9.17) is 11.6 Å². The SMILES string of the molecule is Cc1cnn(C(C)C(=O)N2CCc3[nH]nc(-c4ccc(Cl)cc4)c3C2)c1. The molecule has 1 N–H and O–H groups in total. The van der Waals surface area contributed by atoms with Gasteiger partial charge in [-0.2, -0.15) is 10.2 Å². The second-order valence-electron chi connectivity index (χ2n) is 6.72. The lowest BCUT2D eigenvalue weighted by molar-refractivity contribution is -0.135. The minimum absolute atomic E-state index is 0.0713. The Balaban J connectivity index is 1.58. The molecule has 0 aliphatic carbocycles. The number of fused-ring (bicyclic) bond motifs is 1. The first kappa shape index (κ1) is 16.8. The van der Waals surface area contributed by atoms with Gasteiger partial charge in [-0.05, 0) is 31.5 Å². The first-order valence-corrected chi connectivity index (χ1v) is 9.02. The van der Waals surface area contributed by atoms with E-state index < -0.39 is 0 Å². The summed E-state index contributed by atoms with van der Waals surface area (Å²) in [6.07, 6.45) is 4.44. The average molecular weight is 370 g/mol. The minimum atomic E-state index is -0.323. The summed E-state index contributed by atoms with van der Waals surface area (Å²) < 4.78 is 1.72. The fourth-order valence-electron chi connectivity index (χ4n) is 3.35. The molecule has 7 heteroatoms. The van der Waals surface area contributed by atoms with Crippen LogP contribution in [-0.2, 0) is 17.8 Å². The summed E-state index contributed by atoms with van der Waals surface area (Å²) in [6.45, 7) is 5.09. The summed E-state index contributed by atoms with van der Waals surface area (Å²) in [4.78, 5) is 14.8. The zero-order valence-electron chi connectivity index (χ0n) is 14.7. The second-order valence-corrected chi connectivity index (χ2v) is 7.16. The molecule has 0 radical (unpaired) electrons. The van der Waals surface area contributed by atoms with E-state index in [9.17, 15) is 4.79 Å². The number of amides is 1. The minimum Gasteiger partial charge on any atom is -0.336 e. The number of carbonyl (C=O) groups is 1. The molecule has 0 fully saturated rings. The van der Waals surface area contributed by atoms with E-state index in [-0.39, 0.29) is 11.9 Å². The van der Waals surface area contributed by atoms with Crippen LogP contribution in [0, 0.1) is 6.92 Å². The summed E-state index contributed by atoms with van der Waals surface area (Å²) in [6, 6.07) is 7.29. The van der Waals surface area contributed by atoms with E-state index in [2.05, 4.69) is 15.3 Å². The largest absolute Gasteiger partial charge is 0.336 e. The van der Waals surface area contributed by atoms with Crippen molar-refractivity contribution in [2.75, 3.05) is 6.54 Å². The Morgan fingerprint density at radius 2 is 2.08 bits per heavy atom. The van der Waals surface area contributed by atoms with Crippen molar-refractivity contribution >= 4 is 17.5 Å². The van der Waals surface area contributed by atoms with Crippen LogP contribution in [0.1, 0.15) is 29.8 Å². The number of nitrogens with one attached hydrogen (secondary N) is 1. The molecule has 6 nitrogen and oxygen atoms in total. The molecule has 26 heavy (non-hydrogen) atoms. The molecule has 1 unspecified atom stereocenters. The van der Waals surface area contributed by atoms with Crippen LogP contribution < -0.4 is 0 Å². The van der Waals surface area contributed by atoms with E-state index in [0.717, 1.165) is 34.5 Å². The van der Waals surface area contributed by atoms with Gasteiger partial charge in [0, 0.05) is 47.6 Å². The molecule has 134 valence electrons. The standard InChI is InChI=1S/C19H20ClN5O/c1-12-9-21-25(10-12)13(2)19(26)24-8-7-17-16(11-24)18(23-22-17)14-3-5-15(20)6-4-14/h3-6,9-10,13H,7-8,11H2,1-2H3,(H,22,23). The number of carbonyl (C=O) groups excluding carboxylic acids is 1. The highest BCUT2D eigenvalue weighted by Gasteiger charge is 2.29. The van der Waals surface area contributed by atoms with Crippen LogP contribution in [0.4, 0.5) is 0 Å². The van der Waals surface area contributed by atoms with E-state index in [1.165, 1.54) is 0 Å². The highest BCUT2D eigenvalue weighted by Crippen LogP contribution is 2.30. The lowest BCUT2D eigenvalue weighted by Gasteiger charge is -2.29. The van der Waals surface area contributed by atoms with Crippen LogP contribution in [0.3, 0.4) is 0 Å². The van der Waals surface area contributed by atoms with Crippen molar-refractivity contribution in [2.45, 2.75) is 32.9 Å². The Kier molecular flexibility index (Phi) is 4.28. The summed E-state index contributed by atoms with van der Waals surface area (Å²) >= 11 is 5.99. The van der Waals surface area contributed by atoms with E-state index >= 15 is 0 Å². The van der Waals surface area contributed by atoms with Crippen LogP contribution in [0.2, 0.25) is 5.02 Å². The molecule has 0 saturated heterocycles. The van der Waals surface area contributed by atoms with Crippen LogP contribution >= 0.6 is 11.6 Å². The molecule has 1 amide bonds. The van der Waals surface area contributed by atoms with Crippen LogP contribution in [0.5, 0.6) is 0 Å². The molecule has 0 spiro atoms. The number of halogens is 1. The van der Waals surface area contributed by atoms with Gasteiger partial charge < -0.3 is 4.90 Å². The molecular weight excluding hydrogens is 350 g/mol. The van der Waals surface area contributed by atoms with E-state index in [0.29, 0.717) is 18.1 Å². The van der Waals surface area contributed by atoms with Gasteiger partial charge in [0.05, 0.1) is 11.9 Å². The zero-order valence-corrected chi connectivity index (χ0v) is 15.5. The maximum atomic E-state index is 12.9. The highest BCUT2D eigenvalue weighted by atomic mass is 35.5. The van der Waals surface area contributed by atoms with Gasteiger partial charge in [-0.3, -0.25) is 14.6 Å². The molecule has 1 aromatic carbocycles. The second kappa shape index (κ2) is 6.61. The number of hydrogen-bond acceptors (Lipinski definition) is 3. The van der Waals surface area contributed by atoms with Gasteiger partial charge in [-0.1, -0.05) is 23.7 Å². The maximum absolute atomic E-state index is 12.9. The topological polar surface area (TPSA) is 66.8 Å². The Morgan fingerprint density at radius 3 is 2.77 bits per heavy atom. The van der Waals surface area contributed by atoms with Gasteiger partial charge in [0.2, 0.25) is 5.91 Å². The number of hydrogen-bond donors (Lipinski definition) is 1. The van der Waals surface area contributed by atoms with Crippen molar-refractivity contribution in [2.24, 2.45) is 0 Å². The van der Waals surface area contributed by atoms with Crippen LogP contribution in [-0.4, -0.2) is 37.3 Å². The summed E-state index contributed by atoms with van der Waals surface area (Å²) in [7, 11) is 0. The third kappa shape index (κ3) is 3.01. The fraction of sp³-hybridized carbons (Fsp3) is 0.316. The number of rotatable bonds is 3. The van der Waals surface area contributed by atoms with Gasteiger partial charge in [0.1, 0.15) is 6.04 Å². The van der Waals surface area contributed by atoms with Gasteiger partial charge in [0.25, 0.3) is 0 Å². The normalized spacial score (nSPS) is 15.0. The van der Waals surface area contributed by atoms with Gasteiger partial charge in [-0.25, -0.2) is 0 Å². The third-order valence-electron chi connectivity index (χ3n) is 4.85. The lowest BCUT2D eigenvalue weighted by Crippen LogP contribution is -2.39. The van der Waals surface area contributed by atoms with Crippen molar-refractivity contribution in [1.82, 2.24) is 24.9 Å². The maximum Gasteiger partial charge on any atom is 0.247 e. The Labute approximate surface area is 156 Å². The molecular formula is C19H20ClN5O. The molecule has 1 aliphatic heterocycles. The van der Waals surface area contributed by atoms with E-state index in [1.807, 2.05) is 49.2 Å². The van der Waals surface area contributed by atoms with Gasteiger partial charge in [-0.15, -0.1) is 0 Å². The molecule has 0 saturated carbocycles. The quantitative estimate of drug-likeness (QED) is 0.769. The number of aromatic amines is 1. The monoisotopic (exact) mass is 369 g/mol. The lowest BCUT2D eigenvalue weighted by atomic mass is 10.0. The first-order chi connectivity index (χ1) is 12.5. The number of aromatic nitrogens is 4.